The van der Waals surface area contributed by atoms with Crippen LogP contribution in [0.4, 0.5) is 5.00 Å². The molecule has 0 atom stereocenters. The monoisotopic (exact) mass is 249 g/mol. The van der Waals surface area contributed by atoms with Gasteiger partial charge in [-0.25, -0.2) is 0 Å². The molecule has 0 fully saturated rings. The third-order valence-electron chi connectivity index (χ3n) is 2.98. The van der Waals surface area contributed by atoms with Gasteiger partial charge in [0, 0.05) is 4.88 Å². The molecule has 0 aliphatic heterocycles. The van der Waals surface area contributed by atoms with Crippen LogP contribution in [0.2, 0.25) is 0 Å². The number of aryl methyl sites for hydroxylation is 2. The fraction of sp³-hybridized carbons (Fsp3) is 0.455. The molecule has 3 rings (SSSR count). The van der Waals surface area contributed by atoms with Crippen molar-refractivity contribution >= 4 is 16.3 Å². The van der Waals surface area contributed by atoms with E-state index in [-0.39, 0.29) is 0 Å². The van der Waals surface area contributed by atoms with E-state index in [1.807, 2.05) is 0 Å². The minimum Gasteiger partial charge on any atom is -0.334 e. The molecular formula is C11H11N3O2S. The minimum absolute atomic E-state index is 0.427. The molecule has 1 aliphatic rings. The summed E-state index contributed by atoms with van der Waals surface area (Å²) in [7, 11) is 0. The second-order valence-corrected chi connectivity index (χ2v) is 5.21. The van der Waals surface area contributed by atoms with Crippen LogP contribution in [0.5, 0.6) is 0 Å². The number of rotatable bonds is 2. The van der Waals surface area contributed by atoms with Crippen molar-refractivity contribution in [1.29, 1.82) is 0 Å². The van der Waals surface area contributed by atoms with Gasteiger partial charge in [0.1, 0.15) is 0 Å². The molecule has 0 unspecified atom stereocenters. The summed E-state index contributed by atoms with van der Waals surface area (Å²) in [5.74, 6) is 1.00. The average molecular weight is 249 g/mol. The topological polar surface area (TPSA) is 68.3 Å². The SMILES string of the molecule is Cc1noc(-c2c(N=O)sc3c2CCCC3)n1. The molecule has 0 radical (unpaired) electrons. The molecule has 5 nitrogen and oxygen atoms in total. The molecule has 2 aromatic heterocycles. The van der Waals surface area contributed by atoms with Crippen LogP contribution in [0, 0.1) is 11.8 Å². The van der Waals surface area contributed by atoms with Crippen LogP contribution in [0.1, 0.15) is 29.1 Å². The lowest BCUT2D eigenvalue weighted by Crippen LogP contribution is -1.99. The van der Waals surface area contributed by atoms with Gasteiger partial charge in [0.15, 0.2) is 10.8 Å². The van der Waals surface area contributed by atoms with Gasteiger partial charge in [-0.2, -0.15) is 4.98 Å². The maximum atomic E-state index is 10.9. The Hall–Kier alpha value is -1.56. The van der Waals surface area contributed by atoms with E-state index in [0.29, 0.717) is 16.7 Å². The molecule has 0 bridgehead atoms. The van der Waals surface area contributed by atoms with Crippen LogP contribution in [-0.4, -0.2) is 10.1 Å². The van der Waals surface area contributed by atoms with Gasteiger partial charge in [-0.1, -0.05) is 5.16 Å². The van der Waals surface area contributed by atoms with Crippen molar-refractivity contribution in [3.05, 3.63) is 21.2 Å². The second-order valence-electron chi connectivity index (χ2n) is 4.13. The zero-order chi connectivity index (χ0) is 11.8. The highest BCUT2D eigenvalue weighted by molar-refractivity contribution is 7.16. The molecular weight excluding hydrogens is 238 g/mol. The quantitative estimate of drug-likeness (QED) is 0.765. The first-order valence-corrected chi connectivity index (χ1v) is 6.40. The van der Waals surface area contributed by atoms with E-state index in [9.17, 15) is 4.91 Å². The minimum atomic E-state index is 0.427. The molecule has 0 aromatic carbocycles. The van der Waals surface area contributed by atoms with Crippen molar-refractivity contribution < 1.29 is 4.52 Å². The highest BCUT2D eigenvalue weighted by Crippen LogP contribution is 2.44. The molecule has 0 saturated carbocycles. The first-order valence-electron chi connectivity index (χ1n) is 5.58. The highest BCUT2D eigenvalue weighted by atomic mass is 32.1. The van der Waals surface area contributed by atoms with Crippen LogP contribution in [0.15, 0.2) is 9.70 Å². The summed E-state index contributed by atoms with van der Waals surface area (Å²) >= 11 is 1.46. The van der Waals surface area contributed by atoms with Gasteiger partial charge >= 0.3 is 0 Å². The summed E-state index contributed by atoms with van der Waals surface area (Å²) in [5, 5.41) is 7.35. The summed E-state index contributed by atoms with van der Waals surface area (Å²) in [5.41, 5.74) is 1.94. The third-order valence-corrected chi connectivity index (χ3v) is 4.15. The molecule has 0 amide bonds. The number of hydrogen-bond acceptors (Lipinski definition) is 6. The Morgan fingerprint density at radius 1 is 1.35 bits per heavy atom. The number of nitroso groups, excluding NO2 is 1. The van der Waals surface area contributed by atoms with Gasteiger partial charge in [-0.15, -0.1) is 16.2 Å². The summed E-state index contributed by atoms with van der Waals surface area (Å²) in [4.78, 5) is 16.3. The van der Waals surface area contributed by atoms with E-state index in [2.05, 4.69) is 15.3 Å². The molecule has 0 N–H and O–H groups in total. The van der Waals surface area contributed by atoms with E-state index in [0.717, 1.165) is 24.8 Å². The van der Waals surface area contributed by atoms with Crippen LogP contribution in [0.25, 0.3) is 11.5 Å². The van der Waals surface area contributed by atoms with Gasteiger partial charge < -0.3 is 4.52 Å². The number of fused-ring (bicyclic) bond motifs is 1. The summed E-state index contributed by atoms with van der Waals surface area (Å²) in [6, 6.07) is 0. The van der Waals surface area contributed by atoms with Crippen LogP contribution < -0.4 is 0 Å². The molecule has 6 heteroatoms. The van der Waals surface area contributed by atoms with E-state index < -0.39 is 0 Å². The molecule has 2 aromatic rings. The molecule has 1 aliphatic carbocycles. The third kappa shape index (κ3) is 1.68. The maximum absolute atomic E-state index is 10.9. The first-order chi connectivity index (χ1) is 8.29. The van der Waals surface area contributed by atoms with Gasteiger partial charge in [-0.3, -0.25) is 0 Å². The van der Waals surface area contributed by atoms with E-state index in [1.54, 1.807) is 6.92 Å². The van der Waals surface area contributed by atoms with Gasteiger partial charge in [-0.05, 0) is 43.3 Å². The van der Waals surface area contributed by atoms with Crippen LogP contribution >= 0.6 is 11.3 Å². The van der Waals surface area contributed by atoms with E-state index in [4.69, 9.17) is 4.52 Å². The Morgan fingerprint density at radius 3 is 2.88 bits per heavy atom. The van der Waals surface area contributed by atoms with Crippen molar-refractivity contribution in [2.75, 3.05) is 0 Å². The second kappa shape index (κ2) is 4.03. The molecule has 88 valence electrons. The van der Waals surface area contributed by atoms with Crippen molar-refractivity contribution in [2.45, 2.75) is 32.6 Å². The maximum Gasteiger partial charge on any atom is 0.261 e. The zero-order valence-corrected chi connectivity index (χ0v) is 10.2. The molecule has 2 heterocycles. The predicted molar refractivity (Wildman–Crippen MR) is 64.4 cm³/mol. The number of thiophene rings is 1. The van der Waals surface area contributed by atoms with Crippen LogP contribution in [-0.2, 0) is 12.8 Å². The Morgan fingerprint density at radius 2 is 2.18 bits per heavy atom. The smallest absolute Gasteiger partial charge is 0.261 e. The Balaban J connectivity index is 2.20. The number of hydrogen-bond donors (Lipinski definition) is 0. The summed E-state index contributed by atoms with van der Waals surface area (Å²) in [6.07, 6.45) is 4.31. The zero-order valence-electron chi connectivity index (χ0n) is 9.39. The first kappa shape index (κ1) is 10.6. The molecule has 17 heavy (non-hydrogen) atoms. The van der Waals surface area contributed by atoms with Crippen molar-refractivity contribution in [2.24, 2.45) is 5.18 Å². The number of nitrogens with zero attached hydrogens (tertiary/aromatic N) is 3. The highest BCUT2D eigenvalue weighted by Gasteiger charge is 2.25. The largest absolute Gasteiger partial charge is 0.334 e. The standard InChI is InChI=1S/C11H11N3O2S/c1-6-12-10(16-14-6)9-7-4-2-3-5-8(7)17-11(9)13-15/h2-5H2,1H3. The summed E-state index contributed by atoms with van der Waals surface area (Å²) in [6.45, 7) is 1.76. The lowest BCUT2D eigenvalue weighted by molar-refractivity contribution is 0.425. The van der Waals surface area contributed by atoms with E-state index >= 15 is 0 Å². The van der Waals surface area contributed by atoms with Crippen molar-refractivity contribution in [1.82, 2.24) is 10.1 Å². The summed E-state index contributed by atoms with van der Waals surface area (Å²) < 4.78 is 5.16. The lowest BCUT2D eigenvalue weighted by Gasteiger charge is -2.10. The fourth-order valence-corrected chi connectivity index (χ4v) is 3.39. The predicted octanol–water partition coefficient (Wildman–Crippen LogP) is 3.38. The Bertz CT molecular complexity index is 573. The Labute approximate surface area is 102 Å². The van der Waals surface area contributed by atoms with E-state index in [1.165, 1.54) is 28.2 Å². The molecule has 0 saturated heterocycles. The van der Waals surface area contributed by atoms with Crippen molar-refractivity contribution in [3.8, 4) is 11.5 Å². The van der Waals surface area contributed by atoms with Gasteiger partial charge in [0.05, 0.1) is 5.56 Å². The van der Waals surface area contributed by atoms with Crippen LogP contribution in [0.3, 0.4) is 0 Å². The number of aromatic nitrogens is 2. The van der Waals surface area contributed by atoms with Crippen molar-refractivity contribution in [3.63, 3.8) is 0 Å². The normalized spacial score (nSPS) is 14.6. The van der Waals surface area contributed by atoms with Gasteiger partial charge in [0.2, 0.25) is 0 Å². The fourth-order valence-electron chi connectivity index (χ4n) is 2.23. The van der Waals surface area contributed by atoms with Gasteiger partial charge in [0.25, 0.3) is 5.89 Å². The Kier molecular flexibility index (Phi) is 2.51. The lowest BCUT2D eigenvalue weighted by atomic mass is 9.95. The average Bonchev–Trinajstić information content (AvgIpc) is 2.91. The molecule has 0 spiro atoms.